The number of nitrogens with one attached hydrogen (secondary N) is 1. The number of carbonyl (C=O) groups excluding carboxylic acids is 1. The van der Waals surface area contributed by atoms with E-state index in [0.717, 1.165) is 5.56 Å². The van der Waals surface area contributed by atoms with E-state index in [1.54, 1.807) is 13.0 Å². The zero-order chi connectivity index (χ0) is 12.3. The van der Waals surface area contributed by atoms with Gasteiger partial charge in [-0.3, -0.25) is 4.79 Å². The molecule has 0 aromatic heterocycles. The van der Waals surface area contributed by atoms with Crippen LogP contribution < -0.4 is 14.8 Å². The van der Waals surface area contributed by atoms with Crippen LogP contribution in [0.4, 0.5) is 0 Å². The molecule has 1 atom stereocenters. The number of nitriles is 1. The fraction of sp³-hybridized carbons (Fsp3) is 0.333. The van der Waals surface area contributed by atoms with Crippen molar-refractivity contribution in [3.05, 3.63) is 23.8 Å². The molecule has 0 fully saturated rings. The average molecular weight is 232 g/mol. The first-order valence-electron chi connectivity index (χ1n) is 5.26. The van der Waals surface area contributed by atoms with Gasteiger partial charge in [0.25, 0.3) is 0 Å². The summed E-state index contributed by atoms with van der Waals surface area (Å²) in [7, 11) is 0. The Kier molecular flexibility index (Phi) is 3.15. The molecule has 1 amide bonds. The summed E-state index contributed by atoms with van der Waals surface area (Å²) in [6, 6.07) is 7.36. The van der Waals surface area contributed by atoms with Crippen molar-refractivity contribution in [1.29, 1.82) is 5.26 Å². The van der Waals surface area contributed by atoms with Crippen LogP contribution in [0.15, 0.2) is 18.2 Å². The molecule has 1 heterocycles. The van der Waals surface area contributed by atoms with Crippen molar-refractivity contribution in [2.75, 3.05) is 6.79 Å². The molecule has 88 valence electrons. The summed E-state index contributed by atoms with van der Waals surface area (Å²) >= 11 is 0. The van der Waals surface area contributed by atoms with Gasteiger partial charge in [0.15, 0.2) is 11.5 Å². The summed E-state index contributed by atoms with van der Waals surface area (Å²) in [6.45, 7) is 2.17. The highest BCUT2D eigenvalue weighted by molar-refractivity contribution is 5.80. The predicted octanol–water partition coefficient (Wildman–Crippen LogP) is 1.19. The quantitative estimate of drug-likeness (QED) is 0.849. The van der Waals surface area contributed by atoms with Crippen molar-refractivity contribution < 1.29 is 14.3 Å². The van der Waals surface area contributed by atoms with Crippen LogP contribution in [0.3, 0.4) is 0 Å². The fourth-order valence-electron chi connectivity index (χ4n) is 1.45. The molecule has 0 saturated carbocycles. The summed E-state index contributed by atoms with van der Waals surface area (Å²) in [5.74, 6) is 0.490. The molecule has 1 N–H and O–H groups in total. The standard InChI is InChI=1S/C12H12N2O3/c1-8(5-13)12(15)14-6-9-2-3-10-11(4-9)17-7-16-10/h2-4,8H,6-7H2,1H3,(H,14,15). The molecule has 1 aromatic rings. The van der Waals surface area contributed by atoms with Crippen molar-refractivity contribution in [3.8, 4) is 17.6 Å². The highest BCUT2D eigenvalue weighted by Gasteiger charge is 2.14. The molecule has 1 aliphatic heterocycles. The molecule has 17 heavy (non-hydrogen) atoms. The number of carbonyl (C=O) groups is 1. The molecule has 0 bridgehead atoms. The van der Waals surface area contributed by atoms with E-state index in [2.05, 4.69) is 5.32 Å². The van der Waals surface area contributed by atoms with Gasteiger partial charge in [-0.1, -0.05) is 6.07 Å². The van der Waals surface area contributed by atoms with Crippen molar-refractivity contribution in [2.24, 2.45) is 5.92 Å². The third-order valence-electron chi connectivity index (χ3n) is 2.49. The maximum Gasteiger partial charge on any atom is 0.237 e. The molecule has 5 nitrogen and oxygen atoms in total. The van der Waals surface area contributed by atoms with Gasteiger partial charge in [-0.25, -0.2) is 0 Å². The Hall–Kier alpha value is -2.22. The number of ether oxygens (including phenoxy) is 2. The van der Waals surface area contributed by atoms with Crippen LogP contribution >= 0.6 is 0 Å². The van der Waals surface area contributed by atoms with Gasteiger partial charge < -0.3 is 14.8 Å². The Morgan fingerprint density at radius 2 is 2.29 bits per heavy atom. The molecular formula is C12H12N2O3. The van der Waals surface area contributed by atoms with Crippen molar-refractivity contribution in [1.82, 2.24) is 5.32 Å². The van der Waals surface area contributed by atoms with Gasteiger partial charge in [0.05, 0.1) is 6.07 Å². The smallest absolute Gasteiger partial charge is 0.237 e. The fourth-order valence-corrected chi connectivity index (χ4v) is 1.45. The summed E-state index contributed by atoms with van der Waals surface area (Å²) < 4.78 is 10.4. The summed E-state index contributed by atoms with van der Waals surface area (Å²) in [4.78, 5) is 11.4. The lowest BCUT2D eigenvalue weighted by molar-refractivity contribution is -0.123. The van der Waals surface area contributed by atoms with Gasteiger partial charge >= 0.3 is 0 Å². The SMILES string of the molecule is CC(C#N)C(=O)NCc1ccc2c(c1)OCO2. The number of nitrogens with zero attached hydrogens (tertiary/aromatic N) is 1. The molecular weight excluding hydrogens is 220 g/mol. The van der Waals surface area contributed by atoms with Crippen LogP contribution in [0.5, 0.6) is 11.5 Å². The Bertz CT molecular complexity index is 479. The van der Waals surface area contributed by atoms with Crippen LogP contribution in [-0.4, -0.2) is 12.7 Å². The van der Waals surface area contributed by atoms with E-state index in [-0.39, 0.29) is 12.7 Å². The van der Waals surface area contributed by atoms with Crippen molar-refractivity contribution >= 4 is 5.91 Å². The lowest BCUT2D eigenvalue weighted by Crippen LogP contribution is -2.27. The lowest BCUT2D eigenvalue weighted by Gasteiger charge is -2.06. The minimum absolute atomic E-state index is 0.233. The largest absolute Gasteiger partial charge is 0.454 e. The normalized spacial score (nSPS) is 13.9. The molecule has 0 saturated heterocycles. The van der Waals surface area contributed by atoms with Gasteiger partial charge in [-0.05, 0) is 24.6 Å². The summed E-state index contributed by atoms with van der Waals surface area (Å²) in [5, 5.41) is 11.3. The van der Waals surface area contributed by atoms with E-state index in [0.29, 0.717) is 18.0 Å². The maximum absolute atomic E-state index is 11.4. The molecule has 1 unspecified atom stereocenters. The minimum atomic E-state index is -0.635. The van der Waals surface area contributed by atoms with Gasteiger partial charge in [-0.15, -0.1) is 0 Å². The second kappa shape index (κ2) is 4.74. The number of amides is 1. The second-order valence-electron chi connectivity index (χ2n) is 3.76. The van der Waals surface area contributed by atoms with E-state index in [4.69, 9.17) is 14.7 Å². The average Bonchev–Trinajstić information content (AvgIpc) is 2.82. The van der Waals surface area contributed by atoms with Gasteiger partial charge in [0.1, 0.15) is 5.92 Å². The van der Waals surface area contributed by atoms with Crippen LogP contribution in [-0.2, 0) is 11.3 Å². The summed E-state index contributed by atoms with van der Waals surface area (Å²) in [5.41, 5.74) is 0.910. The minimum Gasteiger partial charge on any atom is -0.454 e. The molecule has 2 rings (SSSR count). The lowest BCUT2D eigenvalue weighted by atomic mass is 10.1. The Labute approximate surface area is 98.9 Å². The predicted molar refractivity (Wildman–Crippen MR) is 59.2 cm³/mol. The first-order chi connectivity index (χ1) is 8.20. The van der Waals surface area contributed by atoms with Gasteiger partial charge in [0.2, 0.25) is 12.7 Å². The summed E-state index contributed by atoms with van der Waals surface area (Å²) in [6.07, 6.45) is 0. The Morgan fingerprint density at radius 1 is 1.53 bits per heavy atom. The zero-order valence-electron chi connectivity index (χ0n) is 9.40. The first-order valence-corrected chi connectivity index (χ1v) is 5.26. The van der Waals surface area contributed by atoms with Gasteiger partial charge in [0, 0.05) is 6.54 Å². The number of rotatable bonds is 3. The van der Waals surface area contributed by atoms with Crippen molar-refractivity contribution in [3.63, 3.8) is 0 Å². The Morgan fingerprint density at radius 3 is 3.06 bits per heavy atom. The van der Waals surface area contributed by atoms with E-state index < -0.39 is 5.92 Å². The van der Waals surface area contributed by atoms with E-state index in [1.165, 1.54) is 0 Å². The molecule has 0 aliphatic carbocycles. The third kappa shape index (κ3) is 2.48. The topological polar surface area (TPSA) is 71.4 Å². The molecule has 5 heteroatoms. The van der Waals surface area contributed by atoms with E-state index in [1.807, 2.05) is 18.2 Å². The first kappa shape index (κ1) is 11.3. The van der Waals surface area contributed by atoms with Crippen LogP contribution in [0.2, 0.25) is 0 Å². The monoisotopic (exact) mass is 232 g/mol. The molecule has 1 aliphatic rings. The van der Waals surface area contributed by atoms with Gasteiger partial charge in [-0.2, -0.15) is 5.26 Å². The third-order valence-corrected chi connectivity index (χ3v) is 2.49. The number of hydrogen-bond acceptors (Lipinski definition) is 4. The molecule has 0 spiro atoms. The molecule has 0 radical (unpaired) electrons. The zero-order valence-corrected chi connectivity index (χ0v) is 9.40. The maximum atomic E-state index is 11.4. The van der Waals surface area contributed by atoms with Crippen molar-refractivity contribution in [2.45, 2.75) is 13.5 Å². The number of hydrogen-bond donors (Lipinski definition) is 1. The number of benzene rings is 1. The van der Waals surface area contributed by atoms with E-state index >= 15 is 0 Å². The second-order valence-corrected chi connectivity index (χ2v) is 3.76. The van der Waals surface area contributed by atoms with Crippen LogP contribution in [0.25, 0.3) is 0 Å². The highest BCUT2D eigenvalue weighted by Crippen LogP contribution is 2.32. The van der Waals surface area contributed by atoms with Crippen LogP contribution in [0, 0.1) is 17.2 Å². The molecule has 1 aromatic carbocycles. The Balaban J connectivity index is 1.96. The van der Waals surface area contributed by atoms with Crippen LogP contribution in [0.1, 0.15) is 12.5 Å². The van der Waals surface area contributed by atoms with E-state index in [9.17, 15) is 4.79 Å². The highest BCUT2D eigenvalue weighted by atomic mass is 16.7. The number of fused-ring (bicyclic) bond motifs is 1.